The van der Waals surface area contributed by atoms with Gasteiger partial charge in [0.2, 0.25) is 0 Å². The van der Waals surface area contributed by atoms with Crippen LogP contribution in [0, 0.1) is 6.92 Å². The lowest BCUT2D eigenvalue weighted by Crippen LogP contribution is -2.34. The van der Waals surface area contributed by atoms with Crippen molar-refractivity contribution in [3.05, 3.63) is 71.4 Å². The van der Waals surface area contributed by atoms with Gasteiger partial charge in [-0.05, 0) is 31.4 Å². The number of rotatable bonds is 8. The topological polar surface area (TPSA) is 64.2 Å². The highest BCUT2D eigenvalue weighted by Crippen LogP contribution is 2.21. The van der Waals surface area contributed by atoms with Gasteiger partial charge in [-0.15, -0.1) is 0 Å². The van der Waals surface area contributed by atoms with Crippen LogP contribution in [0.15, 0.2) is 53.3 Å². The van der Waals surface area contributed by atoms with Gasteiger partial charge in [0, 0.05) is 31.3 Å². The van der Waals surface area contributed by atoms with Gasteiger partial charge in [0.1, 0.15) is 6.54 Å². The van der Waals surface area contributed by atoms with E-state index >= 15 is 0 Å². The van der Waals surface area contributed by atoms with Gasteiger partial charge < -0.3 is 9.42 Å². The summed E-state index contributed by atoms with van der Waals surface area (Å²) in [5, 5.41) is 8.22. The number of hydrogen-bond donors (Lipinski definition) is 0. The van der Waals surface area contributed by atoms with Crippen molar-refractivity contribution < 1.29 is 9.32 Å². The molecule has 1 unspecified atom stereocenters. The molecule has 1 aromatic carbocycles. The van der Waals surface area contributed by atoms with Gasteiger partial charge in [-0.25, -0.2) is 0 Å². The van der Waals surface area contributed by atoms with Crippen LogP contribution in [-0.4, -0.2) is 38.8 Å². The summed E-state index contributed by atoms with van der Waals surface area (Å²) < 4.78 is 7.12. The molecule has 0 bridgehead atoms. The molecule has 0 saturated heterocycles. The maximum Gasteiger partial charge on any atom is 0.276 e. The quantitative estimate of drug-likeness (QED) is 0.607. The van der Waals surface area contributed by atoms with Crippen molar-refractivity contribution in [2.75, 3.05) is 13.1 Å². The number of likely N-dealkylation sites (N-methyl/N-ethyl adjacent to an activating group) is 1. The van der Waals surface area contributed by atoms with Crippen LogP contribution < -0.4 is 0 Å². The van der Waals surface area contributed by atoms with Crippen LogP contribution in [0.5, 0.6) is 0 Å². The third-order valence-corrected chi connectivity index (χ3v) is 4.73. The zero-order valence-corrected chi connectivity index (χ0v) is 16.1. The molecule has 3 rings (SSSR count). The fourth-order valence-electron chi connectivity index (χ4n) is 3.18. The van der Waals surface area contributed by atoms with Gasteiger partial charge in [0.05, 0.1) is 6.20 Å². The molecule has 2 heterocycles. The van der Waals surface area contributed by atoms with Crippen LogP contribution in [0.2, 0.25) is 0 Å². The van der Waals surface area contributed by atoms with Gasteiger partial charge in [-0.3, -0.25) is 9.48 Å². The average molecular weight is 366 g/mol. The maximum absolute atomic E-state index is 12.9. The molecule has 0 aliphatic heterocycles. The molecule has 2 aromatic heterocycles. The molecule has 0 spiro atoms. The number of benzene rings is 1. The molecule has 1 atom stereocenters. The first-order valence-corrected chi connectivity index (χ1v) is 9.39. The fraction of sp³-hybridized carbons (Fsp3) is 0.381. The summed E-state index contributed by atoms with van der Waals surface area (Å²) in [6, 6.07) is 12.0. The SMILES string of the molecule is CCC(CN(CC)C(=O)c1cc(Cn2cc(C)cn2)on1)c1ccccc1. The highest BCUT2D eigenvalue weighted by Gasteiger charge is 2.22. The molecule has 0 aliphatic rings. The second-order valence-corrected chi connectivity index (χ2v) is 6.75. The molecule has 0 aliphatic carbocycles. The van der Waals surface area contributed by atoms with E-state index in [-0.39, 0.29) is 5.91 Å². The Labute approximate surface area is 159 Å². The third kappa shape index (κ3) is 4.64. The van der Waals surface area contributed by atoms with Crippen LogP contribution in [0.4, 0.5) is 0 Å². The lowest BCUT2D eigenvalue weighted by Gasteiger charge is -2.25. The summed E-state index contributed by atoms with van der Waals surface area (Å²) in [4.78, 5) is 14.7. The Bertz CT molecular complexity index is 869. The Morgan fingerprint density at radius 3 is 2.67 bits per heavy atom. The zero-order chi connectivity index (χ0) is 19.2. The molecule has 27 heavy (non-hydrogen) atoms. The van der Waals surface area contributed by atoms with Crippen LogP contribution in [0.1, 0.15) is 53.6 Å². The molecular formula is C21H26N4O2. The predicted molar refractivity (Wildman–Crippen MR) is 104 cm³/mol. The lowest BCUT2D eigenvalue weighted by atomic mass is 9.96. The fourth-order valence-corrected chi connectivity index (χ4v) is 3.18. The normalized spacial score (nSPS) is 12.1. The molecule has 0 N–H and O–H groups in total. The maximum atomic E-state index is 12.9. The molecule has 0 saturated carbocycles. The van der Waals surface area contributed by atoms with Gasteiger partial charge in [-0.2, -0.15) is 5.10 Å². The minimum Gasteiger partial charge on any atom is -0.359 e. The van der Waals surface area contributed by atoms with Crippen molar-refractivity contribution in [1.29, 1.82) is 0 Å². The second-order valence-electron chi connectivity index (χ2n) is 6.75. The molecule has 142 valence electrons. The first-order valence-electron chi connectivity index (χ1n) is 9.39. The van der Waals surface area contributed by atoms with E-state index < -0.39 is 0 Å². The Hall–Kier alpha value is -2.89. The number of carbonyl (C=O) groups is 1. The number of aryl methyl sites for hydroxylation is 1. The molecule has 6 heteroatoms. The van der Waals surface area contributed by atoms with E-state index in [4.69, 9.17) is 4.52 Å². The number of carbonyl (C=O) groups excluding carboxylic acids is 1. The Kier molecular flexibility index (Phi) is 6.06. The second kappa shape index (κ2) is 8.66. The molecule has 0 fully saturated rings. The van der Waals surface area contributed by atoms with E-state index in [2.05, 4.69) is 29.3 Å². The van der Waals surface area contributed by atoms with Crippen LogP contribution in [-0.2, 0) is 6.54 Å². The van der Waals surface area contributed by atoms with E-state index in [9.17, 15) is 4.79 Å². The largest absolute Gasteiger partial charge is 0.359 e. The van der Waals surface area contributed by atoms with Gasteiger partial charge in [0.25, 0.3) is 5.91 Å². The van der Waals surface area contributed by atoms with Crippen LogP contribution in [0.25, 0.3) is 0 Å². The van der Waals surface area contributed by atoms with Crippen molar-refractivity contribution >= 4 is 5.91 Å². The molecule has 1 amide bonds. The molecule has 3 aromatic rings. The lowest BCUT2D eigenvalue weighted by molar-refractivity contribution is 0.0742. The number of aromatic nitrogens is 3. The zero-order valence-electron chi connectivity index (χ0n) is 16.1. The van der Waals surface area contributed by atoms with Crippen molar-refractivity contribution in [3.8, 4) is 0 Å². The Balaban J connectivity index is 1.69. The van der Waals surface area contributed by atoms with E-state index in [0.29, 0.717) is 37.0 Å². The number of nitrogens with zero attached hydrogens (tertiary/aromatic N) is 4. The molecular weight excluding hydrogens is 340 g/mol. The molecule has 6 nitrogen and oxygen atoms in total. The van der Waals surface area contributed by atoms with E-state index in [1.54, 1.807) is 16.9 Å². The van der Waals surface area contributed by atoms with Crippen molar-refractivity contribution in [3.63, 3.8) is 0 Å². The first-order chi connectivity index (χ1) is 13.1. The van der Waals surface area contributed by atoms with Gasteiger partial charge in [-0.1, -0.05) is 42.4 Å². The minimum absolute atomic E-state index is 0.0986. The summed E-state index contributed by atoms with van der Waals surface area (Å²) in [6.45, 7) is 7.87. The summed E-state index contributed by atoms with van der Waals surface area (Å²) in [5.41, 5.74) is 2.68. The van der Waals surface area contributed by atoms with Crippen LogP contribution in [0.3, 0.4) is 0 Å². The first kappa shape index (κ1) is 18.9. The standard InChI is InChI=1S/C21H26N4O2/c1-4-17(18-9-7-6-8-10-18)14-24(5-2)21(26)20-11-19(27-23-20)15-25-13-16(3)12-22-25/h6-13,17H,4-5,14-15H2,1-3H3. The predicted octanol–water partition coefficient (Wildman–Crippen LogP) is 3.88. The Morgan fingerprint density at radius 1 is 1.26 bits per heavy atom. The number of amides is 1. The van der Waals surface area contributed by atoms with Crippen molar-refractivity contribution in [1.82, 2.24) is 19.8 Å². The smallest absolute Gasteiger partial charge is 0.276 e. The summed E-state index contributed by atoms with van der Waals surface area (Å²) in [7, 11) is 0. The minimum atomic E-state index is -0.0986. The van der Waals surface area contributed by atoms with Crippen molar-refractivity contribution in [2.24, 2.45) is 0 Å². The van der Waals surface area contributed by atoms with E-state index in [0.717, 1.165) is 12.0 Å². The van der Waals surface area contributed by atoms with Gasteiger partial charge >= 0.3 is 0 Å². The van der Waals surface area contributed by atoms with Gasteiger partial charge in [0.15, 0.2) is 11.5 Å². The monoisotopic (exact) mass is 366 g/mol. The highest BCUT2D eigenvalue weighted by atomic mass is 16.5. The summed E-state index contributed by atoms with van der Waals surface area (Å²) >= 11 is 0. The summed E-state index contributed by atoms with van der Waals surface area (Å²) in [6.07, 6.45) is 4.68. The van der Waals surface area contributed by atoms with Crippen LogP contribution >= 0.6 is 0 Å². The van der Waals surface area contributed by atoms with Crippen molar-refractivity contribution in [2.45, 2.75) is 39.7 Å². The molecule has 0 radical (unpaired) electrons. The highest BCUT2D eigenvalue weighted by molar-refractivity contribution is 5.92. The Morgan fingerprint density at radius 2 is 2.04 bits per heavy atom. The third-order valence-electron chi connectivity index (χ3n) is 4.73. The average Bonchev–Trinajstić information content (AvgIpc) is 3.32. The van der Waals surface area contributed by atoms with E-state index in [1.807, 2.05) is 43.1 Å². The number of hydrogen-bond acceptors (Lipinski definition) is 4. The van der Waals surface area contributed by atoms with E-state index in [1.165, 1.54) is 5.56 Å². The summed E-state index contributed by atoms with van der Waals surface area (Å²) in [5.74, 6) is 0.819.